The molecule has 0 bridgehead atoms. The summed E-state index contributed by atoms with van der Waals surface area (Å²) >= 11 is 0. The van der Waals surface area contributed by atoms with Gasteiger partial charge >= 0.3 is 0 Å². The third-order valence-corrected chi connectivity index (χ3v) is 5.53. The zero-order valence-electron chi connectivity index (χ0n) is 20.5. The quantitative estimate of drug-likeness (QED) is 0.369. The van der Waals surface area contributed by atoms with E-state index >= 15 is 0 Å². The third kappa shape index (κ3) is 5.48. The van der Waals surface area contributed by atoms with Crippen LogP contribution in [0.3, 0.4) is 0 Å². The minimum Gasteiger partial charge on any atom is -0.507 e. The van der Waals surface area contributed by atoms with E-state index in [9.17, 15) is 9.90 Å². The summed E-state index contributed by atoms with van der Waals surface area (Å²) in [5, 5.41) is 17.3. The normalized spacial score (nSPS) is 11.7. The number of rotatable bonds is 5. The van der Waals surface area contributed by atoms with E-state index in [-0.39, 0.29) is 22.5 Å². The molecule has 1 amide bonds. The van der Waals surface area contributed by atoms with E-state index < -0.39 is 0 Å². The van der Waals surface area contributed by atoms with Crippen LogP contribution >= 0.6 is 0 Å². The second-order valence-corrected chi connectivity index (χ2v) is 10.2. The maximum absolute atomic E-state index is 13.3. The molecule has 33 heavy (non-hydrogen) atoms. The van der Waals surface area contributed by atoms with Gasteiger partial charge in [-0.15, -0.1) is 0 Å². The molecule has 0 saturated carbocycles. The maximum Gasteiger partial charge on any atom is 0.257 e. The summed E-state index contributed by atoms with van der Waals surface area (Å²) in [5.74, 6) is 0.737. The highest BCUT2D eigenvalue weighted by Gasteiger charge is 2.27. The minimum absolute atomic E-state index is 0.238. The molecule has 0 spiro atoms. The molecule has 0 unspecified atom stereocenters. The van der Waals surface area contributed by atoms with Crippen LogP contribution in [0.2, 0.25) is 0 Å². The predicted octanol–water partition coefficient (Wildman–Crippen LogP) is 6.99. The van der Waals surface area contributed by atoms with Crippen LogP contribution in [0.25, 0.3) is 0 Å². The molecule has 3 aromatic carbocycles. The summed E-state index contributed by atoms with van der Waals surface area (Å²) in [7, 11) is 1.61. The van der Waals surface area contributed by atoms with Gasteiger partial charge in [0.1, 0.15) is 11.5 Å². The number of para-hydroxylation sites is 3. The molecule has 5 heteroatoms. The summed E-state index contributed by atoms with van der Waals surface area (Å²) in [4.78, 5) is 13.3. The predicted molar refractivity (Wildman–Crippen MR) is 136 cm³/mol. The van der Waals surface area contributed by atoms with E-state index in [1.54, 1.807) is 13.2 Å². The number of benzene rings is 3. The van der Waals surface area contributed by atoms with Crippen LogP contribution in [0, 0.1) is 0 Å². The van der Waals surface area contributed by atoms with Gasteiger partial charge in [0.15, 0.2) is 0 Å². The lowest BCUT2D eigenvalue weighted by Crippen LogP contribution is -2.20. The monoisotopic (exact) mass is 446 g/mol. The fourth-order valence-electron chi connectivity index (χ4n) is 3.73. The summed E-state index contributed by atoms with van der Waals surface area (Å²) in [6.07, 6.45) is 0. The van der Waals surface area contributed by atoms with Gasteiger partial charge in [0, 0.05) is 16.8 Å². The van der Waals surface area contributed by atoms with Crippen molar-refractivity contribution in [3.63, 3.8) is 0 Å². The SMILES string of the molecule is COc1ccccc1Nc1ccccc1C(=O)Nc1cc(C(C)(C)C)c(O)c(C(C)(C)C)c1. The molecule has 0 aliphatic rings. The number of amides is 1. The van der Waals surface area contributed by atoms with Crippen LogP contribution in [0.15, 0.2) is 60.7 Å². The molecule has 0 heterocycles. The number of aromatic hydroxyl groups is 1. The zero-order valence-corrected chi connectivity index (χ0v) is 20.5. The largest absolute Gasteiger partial charge is 0.507 e. The number of nitrogens with one attached hydrogen (secondary N) is 2. The van der Waals surface area contributed by atoms with Gasteiger partial charge in [-0.3, -0.25) is 4.79 Å². The smallest absolute Gasteiger partial charge is 0.257 e. The molecule has 0 radical (unpaired) electrons. The number of anilines is 3. The van der Waals surface area contributed by atoms with Gasteiger partial charge in [0.2, 0.25) is 0 Å². The first kappa shape index (κ1) is 24.2. The van der Waals surface area contributed by atoms with Crippen LogP contribution in [-0.4, -0.2) is 18.1 Å². The van der Waals surface area contributed by atoms with E-state index in [1.165, 1.54) is 0 Å². The van der Waals surface area contributed by atoms with Crippen molar-refractivity contribution in [2.45, 2.75) is 52.4 Å². The van der Waals surface area contributed by atoms with Gasteiger partial charge < -0.3 is 20.5 Å². The van der Waals surface area contributed by atoms with E-state index in [1.807, 2.05) is 96.1 Å². The number of phenolic OH excluding ortho intramolecular Hbond substituents is 1. The summed E-state index contributed by atoms with van der Waals surface area (Å²) in [6.45, 7) is 12.3. The Morgan fingerprint density at radius 1 is 0.818 bits per heavy atom. The van der Waals surface area contributed by atoms with Crippen LogP contribution in [0.1, 0.15) is 63.0 Å². The summed E-state index contributed by atoms with van der Waals surface area (Å²) in [6, 6.07) is 18.6. The second kappa shape index (κ2) is 9.18. The topological polar surface area (TPSA) is 70.6 Å². The van der Waals surface area contributed by atoms with Gasteiger partial charge in [0.05, 0.1) is 24.0 Å². The van der Waals surface area contributed by atoms with Crippen LogP contribution in [0.4, 0.5) is 17.1 Å². The van der Waals surface area contributed by atoms with Crippen molar-refractivity contribution in [1.29, 1.82) is 0 Å². The van der Waals surface area contributed by atoms with E-state index in [4.69, 9.17) is 4.74 Å². The molecule has 3 N–H and O–H groups in total. The molecular weight excluding hydrogens is 412 g/mol. The number of ether oxygens (including phenoxy) is 1. The van der Waals surface area contributed by atoms with Crippen molar-refractivity contribution in [3.8, 4) is 11.5 Å². The molecule has 0 aromatic heterocycles. The fourth-order valence-corrected chi connectivity index (χ4v) is 3.73. The molecule has 3 aromatic rings. The highest BCUT2D eigenvalue weighted by molar-refractivity contribution is 6.08. The molecule has 3 rings (SSSR count). The molecule has 0 fully saturated rings. The van der Waals surface area contributed by atoms with E-state index in [0.717, 1.165) is 16.8 Å². The highest BCUT2D eigenvalue weighted by atomic mass is 16.5. The van der Waals surface area contributed by atoms with Crippen LogP contribution in [-0.2, 0) is 10.8 Å². The van der Waals surface area contributed by atoms with Gasteiger partial charge in [-0.25, -0.2) is 0 Å². The van der Waals surface area contributed by atoms with Crippen molar-refractivity contribution in [3.05, 3.63) is 77.4 Å². The molecule has 5 nitrogen and oxygen atoms in total. The number of carbonyl (C=O) groups is 1. The van der Waals surface area contributed by atoms with E-state index in [0.29, 0.717) is 22.7 Å². The van der Waals surface area contributed by atoms with Crippen molar-refractivity contribution >= 4 is 23.0 Å². The van der Waals surface area contributed by atoms with Crippen LogP contribution < -0.4 is 15.4 Å². The number of hydrogen-bond donors (Lipinski definition) is 3. The Bertz CT molecular complexity index is 1120. The minimum atomic E-state index is -0.284. The average molecular weight is 447 g/mol. The van der Waals surface area contributed by atoms with Gasteiger partial charge in [-0.2, -0.15) is 0 Å². The lowest BCUT2D eigenvalue weighted by molar-refractivity contribution is 0.102. The average Bonchev–Trinajstić information content (AvgIpc) is 2.74. The van der Waals surface area contributed by atoms with Gasteiger partial charge in [-0.05, 0) is 47.2 Å². The Hall–Kier alpha value is -3.47. The summed E-state index contributed by atoms with van der Waals surface area (Å²) < 4.78 is 5.43. The maximum atomic E-state index is 13.3. The van der Waals surface area contributed by atoms with E-state index in [2.05, 4.69) is 10.6 Å². The molecule has 0 saturated heterocycles. The van der Waals surface area contributed by atoms with Crippen molar-refractivity contribution in [1.82, 2.24) is 0 Å². The molecule has 174 valence electrons. The van der Waals surface area contributed by atoms with Gasteiger partial charge in [-0.1, -0.05) is 65.8 Å². The third-order valence-electron chi connectivity index (χ3n) is 5.53. The lowest BCUT2D eigenvalue weighted by Gasteiger charge is -2.28. The standard InChI is InChI=1S/C28H34N2O3/c1-27(2,3)20-16-18(17-21(25(20)31)28(4,5)6)29-26(32)19-12-8-9-13-22(19)30-23-14-10-11-15-24(23)33-7/h8-17,30-31H,1-7H3,(H,29,32). The first-order valence-electron chi connectivity index (χ1n) is 11.1. The van der Waals surface area contributed by atoms with Crippen molar-refractivity contribution in [2.75, 3.05) is 17.7 Å². The fraction of sp³-hybridized carbons (Fsp3) is 0.321. The Morgan fingerprint density at radius 3 is 1.88 bits per heavy atom. The Labute approximate surface area is 196 Å². The number of carbonyl (C=O) groups excluding carboxylic acids is 1. The number of methoxy groups -OCH3 is 1. The first-order valence-corrected chi connectivity index (χ1v) is 11.1. The zero-order chi connectivity index (χ0) is 24.4. The lowest BCUT2D eigenvalue weighted by atomic mass is 9.79. The molecule has 0 aliphatic heterocycles. The van der Waals surface area contributed by atoms with Gasteiger partial charge in [0.25, 0.3) is 5.91 Å². The molecular formula is C28H34N2O3. The number of phenols is 1. The molecule has 0 aliphatic carbocycles. The second-order valence-electron chi connectivity index (χ2n) is 10.2. The van der Waals surface area contributed by atoms with Crippen molar-refractivity contribution < 1.29 is 14.6 Å². The molecule has 0 atom stereocenters. The highest BCUT2D eigenvalue weighted by Crippen LogP contribution is 2.41. The van der Waals surface area contributed by atoms with Crippen molar-refractivity contribution in [2.24, 2.45) is 0 Å². The Morgan fingerprint density at radius 2 is 1.33 bits per heavy atom. The Kier molecular flexibility index (Phi) is 6.73. The first-order chi connectivity index (χ1) is 15.4. The Balaban J connectivity index is 1.99. The number of hydrogen-bond acceptors (Lipinski definition) is 4. The van der Waals surface area contributed by atoms with Crippen LogP contribution in [0.5, 0.6) is 11.5 Å². The summed E-state index contributed by atoms with van der Waals surface area (Å²) in [5.41, 5.74) is 3.63.